The van der Waals surface area contributed by atoms with Gasteiger partial charge in [-0.1, -0.05) is 19.3 Å². The summed E-state index contributed by atoms with van der Waals surface area (Å²) in [6.45, 7) is 1.29. The van der Waals surface area contributed by atoms with E-state index in [0.717, 1.165) is 24.8 Å². The number of hydrogen-bond acceptors (Lipinski definition) is 2. The second-order valence-electron chi connectivity index (χ2n) is 6.08. The van der Waals surface area contributed by atoms with E-state index in [0.29, 0.717) is 5.92 Å². The monoisotopic (exact) mass is 234 g/mol. The lowest BCUT2D eigenvalue weighted by molar-refractivity contribution is 0.142. The van der Waals surface area contributed by atoms with Crippen LogP contribution in [0.5, 0.6) is 0 Å². The minimum Gasteiger partial charge on any atom is -0.303 e. The third kappa shape index (κ3) is 3.71. The van der Waals surface area contributed by atoms with Crippen molar-refractivity contribution >= 4 is 0 Å². The smallest absolute Gasteiger partial charge is 0.0655 e. The van der Waals surface area contributed by atoms with Crippen LogP contribution in [0.25, 0.3) is 0 Å². The summed E-state index contributed by atoms with van der Waals surface area (Å²) in [5, 5.41) is 8.91. The van der Waals surface area contributed by atoms with Crippen LogP contribution < -0.4 is 0 Å². The Hall–Kier alpha value is -0.550. The fourth-order valence-electron chi connectivity index (χ4n) is 3.57. The lowest BCUT2D eigenvalue weighted by Crippen LogP contribution is -2.38. The van der Waals surface area contributed by atoms with E-state index in [2.05, 4.69) is 18.0 Å². The molecule has 96 valence electrons. The second-order valence-corrected chi connectivity index (χ2v) is 6.08. The fraction of sp³-hybridized carbons (Fsp3) is 0.933. The molecule has 0 aromatic rings. The molecule has 0 aliphatic heterocycles. The second kappa shape index (κ2) is 6.40. The minimum atomic E-state index is 0.342. The van der Waals surface area contributed by atoms with Crippen LogP contribution in [0.15, 0.2) is 0 Å². The highest BCUT2D eigenvalue weighted by molar-refractivity contribution is 4.89. The molecule has 0 saturated heterocycles. The highest BCUT2D eigenvalue weighted by Crippen LogP contribution is 2.29. The molecule has 2 rings (SSSR count). The van der Waals surface area contributed by atoms with Crippen molar-refractivity contribution in [2.75, 3.05) is 13.6 Å². The molecule has 0 bridgehead atoms. The highest BCUT2D eigenvalue weighted by Gasteiger charge is 2.25. The molecule has 2 saturated carbocycles. The van der Waals surface area contributed by atoms with Crippen molar-refractivity contribution in [3.8, 4) is 6.07 Å². The van der Waals surface area contributed by atoms with E-state index in [1.54, 1.807) is 0 Å². The Balaban J connectivity index is 1.72. The zero-order valence-electron chi connectivity index (χ0n) is 11.2. The van der Waals surface area contributed by atoms with Crippen LogP contribution in [-0.2, 0) is 0 Å². The van der Waals surface area contributed by atoms with Crippen molar-refractivity contribution in [1.29, 1.82) is 5.26 Å². The van der Waals surface area contributed by atoms with Crippen molar-refractivity contribution in [2.45, 2.75) is 63.8 Å². The standard InChI is InChI=1S/C15H26N2/c1-17(12-14-5-3-2-4-6-14)15-9-7-13(11-16)8-10-15/h13-15H,2-10,12H2,1H3. The highest BCUT2D eigenvalue weighted by atomic mass is 15.1. The third-order valence-electron chi connectivity index (χ3n) is 4.77. The summed E-state index contributed by atoms with van der Waals surface area (Å²) in [6.07, 6.45) is 11.9. The zero-order chi connectivity index (χ0) is 12.1. The van der Waals surface area contributed by atoms with Crippen LogP contribution in [-0.4, -0.2) is 24.5 Å². The first kappa shape index (κ1) is 12.9. The van der Waals surface area contributed by atoms with Gasteiger partial charge < -0.3 is 4.90 Å². The molecule has 2 aliphatic rings. The Bertz CT molecular complexity index is 255. The molecular weight excluding hydrogens is 208 g/mol. The number of hydrogen-bond donors (Lipinski definition) is 0. The molecule has 0 heterocycles. The summed E-state index contributed by atoms with van der Waals surface area (Å²) < 4.78 is 0. The lowest BCUT2D eigenvalue weighted by Gasteiger charge is -2.35. The van der Waals surface area contributed by atoms with Gasteiger partial charge in [-0.05, 0) is 51.5 Å². The van der Waals surface area contributed by atoms with Crippen molar-refractivity contribution in [3.05, 3.63) is 0 Å². The molecule has 2 fully saturated rings. The Morgan fingerprint density at radius 3 is 2.24 bits per heavy atom. The number of nitrogens with zero attached hydrogens (tertiary/aromatic N) is 2. The normalized spacial score (nSPS) is 31.4. The summed E-state index contributed by atoms with van der Waals surface area (Å²) in [4.78, 5) is 2.59. The molecule has 0 radical (unpaired) electrons. The van der Waals surface area contributed by atoms with Gasteiger partial charge in [-0.15, -0.1) is 0 Å². The Morgan fingerprint density at radius 1 is 1.00 bits per heavy atom. The first-order valence-corrected chi connectivity index (χ1v) is 7.39. The summed E-state index contributed by atoms with van der Waals surface area (Å²) >= 11 is 0. The molecule has 2 heteroatoms. The molecule has 0 aromatic heterocycles. The molecule has 0 aromatic carbocycles. The SMILES string of the molecule is CN(CC1CCCCC1)C1CCC(C#N)CC1. The van der Waals surface area contributed by atoms with Crippen molar-refractivity contribution in [1.82, 2.24) is 4.90 Å². The van der Waals surface area contributed by atoms with Crippen LogP contribution in [0.3, 0.4) is 0 Å². The van der Waals surface area contributed by atoms with Gasteiger partial charge in [-0.2, -0.15) is 5.26 Å². The van der Waals surface area contributed by atoms with Crippen LogP contribution in [0.2, 0.25) is 0 Å². The summed E-state index contributed by atoms with van der Waals surface area (Å²) in [5.41, 5.74) is 0. The minimum absolute atomic E-state index is 0.342. The predicted molar refractivity (Wildman–Crippen MR) is 70.6 cm³/mol. The Labute approximate surface area is 106 Å². The van der Waals surface area contributed by atoms with Gasteiger partial charge in [0.15, 0.2) is 0 Å². The maximum absolute atomic E-state index is 8.91. The van der Waals surface area contributed by atoms with Crippen LogP contribution >= 0.6 is 0 Å². The summed E-state index contributed by atoms with van der Waals surface area (Å²) in [6, 6.07) is 3.18. The average molecular weight is 234 g/mol. The predicted octanol–water partition coefficient (Wildman–Crippen LogP) is 3.58. The van der Waals surface area contributed by atoms with E-state index in [1.165, 1.54) is 51.5 Å². The van der Waals surface area contributed by atoms with Gasteiger partial charge >= 0.3 is 0 Å². The molecule has 2 nitrogen and oxygen atoms in total. The Kier molecular flexibility index (Phi) is 4.86. The van der Waals surface area contributed by atoms with E-state index < -0.39 is 0 Å². The van der Waals surface area contributed by atoms with Gasteiger partial charge in [0, 0.05) is 18.5 Å². The molecule has 0 N–H and O–H groups in total. The van der Waals surface area contributed by atoms with Crippen molar-refractivity contribution in [3.63, 3.8) is 0 Å². The molecule has 17 heavy (non-hydrogen) atoms. The number of rotatable bonds is 3. The first-order chi connectivity index (χ1) is 8.29. The molecular formula is C15H26N2. The van der Waals surface area contributed by atoms with Gasteiger partial charge in [0.1, 0.15) is 0 Å². The van der Waals surface area contributed by atoms with Crippen LogP contribution in [0.1, 0.15) is 57.8 Å². The first-order valence-electron chi connectivity index (χ1n) is 7.39. The molecule has 0 unspecified atom stereocenters. The van der Waals surface area contributed by atoms with Crippen molar-refractivity contribution < 1.29 is 0 Å². The number of nitriles is 1. The van der Waals surface area contributed by atoms with E-state index in [9.17, 15) is 0 Å². The lowest BCUT2D eigenvalue weighted by atomic mass is 9.85. The Morgan fingerprint density at radius 2 is 1.65 bits per heavy atom. The summed E-state index contributed by atoms with van der Waals surface area (Å²) in [7, 11) is 2.30. The maximum Gasteiger partial charge on any atom is 0.0655 e. The van der Waals surface area contributed by atoms with Crippen molar-refractivity contribution in [2.24, 2.45) is 11.8 Å². The van der Waals surface area contributed by atoms with Crippen LogP contribution in [0.4, 0.5) is 0 Å². The molecule has 0 spiro atoms. The average Bonchev–Trinajstić information content (AvgIpc) is 2.40. The van der Waals surface area contributed by atoms with E-state index in [-0.39, 0.29) is 0 Å². The van der Waals surface area contributed by atoms with Gasteiger partial charge in [0.2, 0.25) is 0 Å². The van der Waals surface area contributed by atoms with Crippen LogP contribution in [0, 0.1) is 23.2 Å². The van der Waals surface area contributed by atoms with E-state index >= 15 is 0 Å². The maximum atomic E-state index is 8.91. The largest absolute Gasteiger partial charge is 0.303 e. The molecule has 0 atom stereocenters. The topological polar surface area (TPSA) is 27.0 Å². The van der Waals surface area contributed by atoms with E-state index in [4.69, 9.17) is 5.26 Å². The van der Waals surface area contributed by atoms with E-state index in [1.807, 2.05) is 0 Å². The molecule has 2 aliphatic carbocycles. The fourth-order valence-corrected chi connectivity index (χ4v) is 3.57. The van der Waals surface area contributed by atoms with Gasteiger partial charge in [-0.3, -0.25) is 0 Å². The third-order valence-corrected chi connectivity index (χ3v) is 4.77. The summed E-state index contributed by atoms with van der Waals surface area (Å²) in [5.74, 6) is 1.29. The molecule has 0 amide bonds. The van der Waals surface area contributed by atoms with Gasteiger partial charge in [-0.25, -0.2) is 0 Å². The van der Waals surface area contributed by atoms with Gasteiger partial charge in [0.05, 0.1) is 6.07 Å². The van der Waals surface area contributed by atoms with Gasteiger partial charge in [0.25, 0.3) is 0 Å². The quantitative estimate of drug-likeness (QED) is 0.746. The zero-order valence-corrected chi connectivity index (χ0v) is 11.2.